The van der Waals surface area contributed by atoms with E-state index >= 15 is 0 Å². The molecule has 1 aromatic heterocycles. The number of pyridine rings is 1. The molecule has 1 fully saturated rings. The third kappa shape index (κ3) is 4.10. The zero-order valence-electron chi connectivity index (χ0n) is 14.4. The Morgan fingerprint density at radius 2 is 1.83 bits per heavy atom. The van der Waals surface area contributed by atoms with Crippen LogP contribution in [0.5, 0.6) is 0 Å². The Bertz CT molecular complexity index is 654. The van der Waals surface area contributed by atoms with Crippen molar-refractivity contribution in [1.82, 2.24) is 15.2 Å². The summed E-state index contributed by atoms with van der Waals surface area (Å²) < 4.78 is 14.6. The van der Waals surface area contributed by atoms with Crippen LogP contribution in [0.1, 0.15) is 24.1 Å². The lowest BCUT2D eigenvalue weighted by Gasteiger charge is -2.34. The first-order valence-electron chi connectivity index (χ1n) is 8.48. The second kappa shape index (κ2) is 7.73. The van der Waals surface area contributed by atoms with Gasteiger partial charge >= 0.3 is 0 Å². The number of nitrogens with one attached hydrogen (secondary N) is 1. The molecule has 0 saturated carbocycles. The SMILES string of the molecule is C[C@@H](NCc1ccncc1)c1ccc(N2CCN(C)CC2)c(F)c1. The highest BCUT2D eigenvalue weighted by Gasteiger charge is 2.18. The van der Waals surface area contributed by atoms with Crippen molar-refractivity contribution in [2.75, 3.05) is 38.1 Å². The van der Waals surface area contributed by atoms with Crippen molar-refractivity contribution >= 4 is 5.69 Å². The number of piperazine rings is 1. The first kappa shape index (κ1) is 16.9. The fourth-order valence-corrected chi connectivity index (χ4v) is 2.99. The molecule has 0 amide bonds. The minimum absolute atomic E-state index is 0.0919. The molecule has 5 heteroatoms. The van der Waals surface area contributed by atoms with Crippen molar-refractivity contribution in [3.05, 3.63) is 59.7 Å². The highest BCUT2D eigenvalue weighted by molar-refractivity contribution is 5.50. The largest absolute Gasteiger partial charge is 0.367 e. The van der Waals surface area contributed by atoms with E-state index in [0.29, 0.717) is 5.69 Å². The third-order valence-electron chi connectivity index (χ3n) is 4.68. The average Bonchev–Trinajstić information content (AvgIpc) is 2.61. The van der Waals surface area contributed by atoms with Gasteiger partial charge in [0, 0.05) is 51.2 Å². The molecule has 1 N–H and O–H groups in total. The second-order valence-electron chi connectivity index (χ2n) is 6.46. The summed E-state index contributed by atoms with van der Waals surface area (Å²) in [4.78, 5) is 8.42. The van der Waals surface area contributed by atoms with Crippen LogP contribution in [0.3, 0.4) is 0 Å². The minimum atomic E-state index is -0.130. The Morgan fingerprint density at radius 3 is 2.50 bits per heavy atom. The maximum absolute atomic E-state index is 14.6. The fraction of sp³-hybridized carbons (Fsp3) is 0.421. The number of rotatable bonds is 5. The van der Waals surface area contributed by atoms with Gasteiger partial charge in [0.05, 0.1) is 5.69 Å². The molecule has 2 heterocycles. The summed E-state index contributed by atoms with van der Waals surface area (Å²) in [5, 5.41) is 3.43. The summed E-state index contributed by atoms with van der Waals surface area (Å²) in [5.74, 6) is -0.130. The summed E-state index contributed by atoms with van der Waals surface area (Å²) in [6.07, 6.45) is 3.57. The van der Waals surface area contributed by atoms with E-state index in [2.05, 4.69) is 34.1 Å². The molecule has 0 unspecified atom stereocenters. The van der Waals surface area contributed by atoms with Gasteiger partial charge in [-0.1, -0.05) is 6.07 Å². The molecule has 4 nitrogen and oxygen atoms in total. The van der Waals surface area contributed by atoms with Crippen LogP contribution in [0.4, 0.5) is 10.1 Å². The lowest BCUT2D eigenvalue weighted by atomic mass is 10.1. The molecule has 24 heavy (non-hydrogen) atoms. The van der Waals surface area contributed by atoms with E-state index in [4.69, 9.17) is 0 Å². The zero-order valence-corrected chi connectivity index (χ0v) is 14.4. The minimum Gasteiger partial charge on any atom is -0.367 e. The lowest BCUT2D eigenvalue weighted by Crippen LogP contribution is -2.44. The van der Waals surface area contributed by atoms with Crippen LogP contribution in [0, 0.1) is 5.82 Å². The second-order valence-corrected chi connectivity index (χ2v) is 6.46. The fourth-order valence-electron chi connectivity index (χ4n) is 2.99. The van der Waals surface area contributed by atoms with Gasteiger partial charge in [-0.05, 0) is 49.4 Å². The van der Waals surface area contributed by atoms with Gasteiger partial charge in [-0.3, -0.25) is 4.98 Å². The van der Waals surface area contributed by atoms with Crippen molar-refractivity contribution in [2.45, 2.75) is 19.5 Å². The zero-order chi connectivity index (χ0) is 16.9. The number of halogens is 1. The average molecular weight is 328 g/mol. The van der Waals surface area contributed by atoms with Crippen molar-refractivity contribution in [3.63, 3.8) is 0 Å². The van der Waals surface area contributed by atoms with Gasteiger partial charge in [0.1, 0.15) is 5.82 Å². The number of hydrogen-bond donors (Lipinski definition) is 1. The molecule has 0 bridgehead atoms. The molecule has 2 aromatic rings. The molecule has 3 rings (SSSR count). The monoisotopic (exact) mass is 328 g/mol. The van der Waals surface area contributed by atoms with E-state index < -0.39 is 0 Å². The van der Waals surface area contributed by atoms with E-state index in [1.807, 2.05) is 24.3 Å². The molecule has 1 aliphatic rings. The van der Waals surface area contributed by atoms with Crippen LogP contribution in [-0.4, -0.2) is 43.1 Å². The maximum Gasteiger partial charge on any atom is 0.146 e. The van der Waals surface area contributed by atoms with Gasteiger partial charge in [0.15, 0.2) is 0 Å². The predicted molar refractivity (Wildman–Crippen MR) is 95.6 cm³/mol. The maximum atomic E-state index is 14.6. The van der Waals surface area contributed by atoms with Crippen molar-refractivity contribution < 1.29 is 4.39 Å². The number of aromatic nitrogens is 1. The van der Waals surface area contributed by atoms with Gasteiger partial charge in [0.2, 0.25) is 0 Å². The quantitative estimate of drug-likeness (QED) is 0.914. The van der Waals surface area contributed by atoms with Crippen LogP contribution in [0.15, 0.2) is 42.7 Å². The Kier molecular flexibility index (Phi) is 5.43. The van der Waals surface area contributed by atoms with E-state index in [1.54, 1.807) is 18.5 Å². The van der Waals surface area contributed by atoms with E-state index in [-0.39, 0.29) is 11.9 Å². The number of likely N-dealkylation sites (N-methyl/N-ethyl adjacent to an activating group) is 1. The smallest absolute Gasteiger partial charge is 0.146 e. The topological polar surface area (TPSA) is 31.4 Å². The summed E-state index contributed by atoms with van der Waals surface area (Å²) in [7, 11) is 2.10. The summed E-state index contributed by atoms with van der Waals surface area (Å²) in [6.45, 7) is 6.51. The van der Waals surface area contributed by atoms with Crippen LogP contribution >= 0.6 is 0 Å². The molecule has 0 spiro atoms. The molecule has 1 saturated heterocycles. The Labute approximate surface area is 143 Å². The molecule has 1 aromatic carbocycles. The normalized spacial score (nSPS) is 17.0. The molecular weight excluding hydrogens is 303 g/mol. The summed E-state index contributed by atoms with van der Waals surface area (Å²) in [6, 6.07) is 9.67. The Morgan fingerprint density at radius 1 is 1.12 bits per heavy atom. The van der Waals surface area contributed by atoms with Crippen LogP contribution in [0.25, 0.3) is 0 Å². The highest BCUT2D eigenvalue weighted by Crippen LogP contribution is 2.24. The van der Waals surface area contributed by atoms with Crippen molar-refractivity contribution in [2.24, 2.45) is 0 Å². The van der Waals surface area contributed by atoms with Crippen molar-refractivity contribution in [3.8, 4) is 0 Å². The van der Waals surface area contributed by atoms with Gasteiger partial charge in [-0.25, -0.2) is 4.39 Å². The van der Waals surface area contributed by atoms with Gasteiger partial charge < -0.3 is 15.1 Å². The van der Waals surface area contributed by atoms with Crippen LogP contribution in [-0.2, 0) is 6.54 Å². The van der Waals surface area contributed by atoms with Crippen LogP contribution in [0.2, 0.25) is 0 Å². The Balaban J connectivity index is 1.63. The number of nitrogens with zero attached hydrogens (tertiary/aromatic N) is 3. The standard InChI is InChI=1S/C19H25FN4/c1-15(22-14-16-5-7-21-8-6-16)17-3-4-19(18(20)13-17)24-11-9-23(2)10-12-24/h3-8,13,15,22H,9-12,14H2,1-2H3/t15-/m1/s1. The van der Waals surface area contributed by atoms with E-state index in [1.165, 1.54) is 5.56 Å². The third-order valence-corrected chi connectivity index (χ3v) is 4.68. The summed E-state index contributed by atoms with van der Waals surface area (Å²) in [5.41, 5.74) is 2.86. The predicted octanol–water partition coefficient (Wildman–Crippen LogP) is 2.82. The first-order valence-corrected chi connectivity index (χ1v) is 8.48. The van der Waals surface area contributed by atoms with E-state index in [9.17, 15) is 4.39 Å². The number of anilines is 1. The first-order chi connectivity index (χ1) is 11.6. The number of hydrogen-bond acceptors (Lipinski definition) is 4. The number of benzene rings is 1. The molecule has 0 radical (unpaired) electrons. The molecule has 128 valence electrons. The van der Waals surface area contributed by atoms with Gasteiger partial charge in [-0.2, -0.15) is 0 Å². The Hall–Kier alpha value is -1.98. The highest BCUT2D eigenvalue weighted by atomic mass is 19.1. The lowest BCUT2D eigenvalue weighted by molar-refractivity contribution is 0.311. The summed E-state index contributed by atoms with van der Waals surface area (Å²) >= 11 is 0. The molecular formula is C19H25FN4. The van der Waals surface area contributed by atoms with Gasteiger partial charge in [-0.15, -0.1) is 0 Å². The van der Waals surface area contributed by atoms with Crippen LogP contribution < -0.4 is 10.2 Å². The van der Waals surface area contributed by atoms with E-state index in [0.717, 1.165) is 38.3 Å². The molecule has 0 aliphatic carbocycles. The molecule has 1 aliphatic heterocycles. The molecule has 1 atom stereocenters. The van der Waals surface area contributed by atoms with Gasteiger partial charge in [0.25, 0.3) is 0 Å². The van der Waals surface area contributed by atoms with Crippen molar-refractivity contribution in [1.29, 1.82) is 0 Å².